The van der Waals surface area contributed by atoms with Crippen LogP contribution in [-0.2, 0) is 7.05 Å². The molecule has 0 amide bonds. The number of aromatic nitrogens is 2. The highest BCUT2D eigenvalue weighted by atomic mass is 16.5. The van der Waals surface area contributed by atoms with Gasteiger partial charge in [-0.1, -0.05) is 12.1 Å². The van der Waals surface area contributed by atoms with E-state index in [-0.39, 0.29) is 6.04 Å². The number of hydrogen-bond acceptors (Lipinski definition) is 4. The second kappa shape index (κ2) is 5.03. The Morgan fingerprint density at radius 3 is 2.63 bits per heavy atom. The molecular formula is C14H18N4O. The molecule has 0 bridgehead atoms. The minimum Gasteiger partial charge on any atom is -0.490 e. The van der Waals surface area contributed by atoms with E-state index in [9.17, 15) is 0 Å². The number of nitrogens with two attached hydrogens (primary N) is 1. The summed E-state index contributed by atoms with van der Waals surface area (Å²) in [5.41, 5.74) is 4.78. The summed E-state index contributed by atoms with van der Waals surface area (Å²) in [6.07, 6.45) is 6.49. The molecule has 1 fully saturated rings. The van der Waals surface area contributed by atoms with Crippen LogP contribution in [0.1, 0.15) is 30.1 Å². The molecule has 1 aromatic heterocycles. The monoisotopic (exact) mass is 258 g/mol. The summed E-state index contributed by atoms with van der Waals surface area (Å²) in [5, 5.41) is 0. The average Bonchev–Trinajstić information content (AvgIpc) is 3.13. The zero-order chi connectivity index (χ0) is 13.2. The first-order valence-electron chi connectivity index (χ1n) is 6.47. The number of hydrazine groups is 1. The van der Waals surface area contributed by atoms with Crippen LogP contribution in [-0.4, -0.2) is 15.7 Å². The molecule has 0 aliphatic heterocycles. The van der Waals surface area contributed by atoms with Gasteiger partial charge in [-0.3, -0.25) is 5.84 Å². The summed E-state index contributed by atoms with van der Waals surface area (Å²) in [6.45, 7) is 0. The lowest BCUT2D eigenvalue weighted by atomic mass is 10.1. The highest BCUT2D eigenvalue weighted by Gasteiger charge is 2.23. The van der Waals surface area contributed by atoms with Gasteiger partial charge in [-0.15, -0.1) is 0 Å². The van der Waals surface area contributed by atoms with Gasteiger partial charge in [0.25, 0.3) is 0 Å². The predicted octanol–water partition coefficient (Wildman–Crippen LogP) is 1.51. The maximum Gasteiger partial charge on any atom is 0.119 e. The first kappa shape index (κ1) is 12.2. The number of aryl methyl sites for hydroxylation is 1. The van der Waals surface area contributed by atoms with Crippen LogP contribution >= 0.6 is 0 Å². The lowest BCUT2D eigenvalue weighted by molar-refractivity contribution is 0.303. The normalized spacial score (nSPS) is 16.3. The van der Waals surface area contributed by atoms with Crippen molar-refractivity contribution >= 4 is 0 Å². The second-order valence-electron chi connectivity index (χ2n) is 4.95. The Hall–Kier alpha value is -1.85. The van der Waals surface area contributed by atoms with E-state index < -0.39 is 0 Å². The minimum absolute atomic E-state index is 0.101. The molecule has 0 spiro atoms. The molecule has 100 valence electrons. The average molecular weight is 258 g/mol. The molecule has 3 rings (SSSR count). The van der Waals surface area contributed by atoms with E-state index >= 15 is 0 Å². The highest BCUT2D eigenvalue weighted by Crippen LogP contribution is 2.28. The Morgan fingerprint density at radius 1 is 1.37 bits per heavy atom. The number of ether oxygens (including phenoxy) is 1. The molecule has 0 saturated heterocycles. The molecule has 1 unspecified atom stereocenters. The van der Waals surface area contributed by atoms with E-state index in [1.807, 2.05) is 42.1 Å². The third kappa shape index (κ3) is 2.77. The van der Waals surface area contributed by atoms with E-state index in [1.165, 1.54) is 12.8 Å². The molecule has 1 atom stereocenters. The number of rotatable bonds is 5. The molecule has 3 N–H and O–H groups in total. The number of nitrogens with one attached hydrogen (secondary N) is 1. The van der Waals surface area contributed by atoms with Gasteiger partial charge in [-0.25, -0.2) is 10.4 Å². The Kier molecular flexibility index (Phi) is 3.23. The van der Waals surface area contributed by atoms with Crippen LogP contribution in [0.3, 0.4) is 0 Å². The highest BCUT2D eigenvalue weighted by molar-refractivity contribution is 5.33. The lowest BCUT2D eigenvalue weighted by Crippen LogP contribution is -2.29. The first-order valence-corrected chi connectivity index (χ1v) is 6.47. The van der Waals surface area contributed by atoms with Crippen LogP contribution in [0.15, 0.2) is 36.8 Å². The maximum atomic E-state index is 5.73. The van der Waals surface area contributed by atoms with Crippen molar-refractivity contribution in [1.29, 1.82) is 0 Å². The molecular weight excluding hydrogens is 240 g/mol. The number of nitrogens with zero attached hydrogens (tertiary/aromatic N) is 2. The summed E-state index contributed by atoms with van der Waals surface area (Å²) in [5.74, 6) is 6.56. The summed E-state index contributed by atoms with van der Waals surface area (Å²) < 4.78 is 7.64. The van der Waals surface area contributed by atoms with Crippen molar-refractivity contribution in [3.05, 3.63) is 48.0 Å². The molecule has 19 heavy (non-hydrogen) atoms. The summed E-state index contributed by atoms with van der Waals surface area (Å²) in [7, 11) is 1.94. The Morgan fingerprint density at radius 2 is 2.11 bits per heavy atom. The molecule has 1 aliphatic rings. The van der Waals surface area contributed by atoms with Crippen LogP contribution in [0, 0.1) is 0 Å². The molecule has 1 aliphatic carbocycles. The molecule has 1 heterocycles. The van der Waals surface area contributed by atoms with Gasteiger partial charge in [0, 0.05) is 13.2 Å². The fourth-order valence-electron chi connectivity index (χ4n) is 2.05. The zero-order valence-corrected chi connectivity index (χ0v) is 10.9. The van der Waals surface area contributed by atoms with Gasteiger partial charge in [0.2, 0.25) is 0 Å². The summed E-state index contributed by atoms with van der Waals surface area (Å²) in [4.78, 5) is 4.33. The largest absolute Gasteiger partial charge is 0.490 e. The van der Waals surface area contributed by atoms with Gasteiger partial charge in [0.1, 0.15) is 5.75 Å². The predicted molar refractivity (Wildman–Crippen MR) is 72.5 cm³/mol. The maximum absolute atomic E-state index is 5.73. The molecule has 2 aromatic rings. The SMILES string of the molecule is Cn1cnc(C(NN)c2ccc(OC3CC3)cc2)c1. The third-order valence-electron chi connectivity index (χ3n) is 3.23. The van der Waals surface area contributed by atoms with Crippen molar-refractivity contribution in [2.75, 3.05) is 0 Å². The summed E-state index contributed by atoms with van der Waals surface area (Å²) >= 11 is 0. The van der Waals surface area contributed by atoms with Crippen molar-refractivity contribution in [1.82, 2.24) is 15.0 Å². The minimum atomic E-state index is -0.101. The Labute approximate surface area is 112 Å². The Balaban J connectivity index is 1.78. The van der Waals surface area contributed by atoms with Gasteiger partial charge in [-0.2, -0.15) is 0 Å². The van der Waals surface area contributed by atoms with Crippen molar-refractivity contribution in [3.63, 3.8) is 0 Å². The van der Waals surface area contributed by atoms with Crippen LogP contribution in [0.25, 0.3) is 0 Å². The lowest BCUT2D eigenvalue weighted by Gasteiger charge is -2.14. The van der Waals surface area contributed by atoms with Crippen LogP contribution in [0.5, 0.6) is 5.75 Å². The standard InChI is InChI=1S/C14H18N4O/c1-18-8-13(16-9-18)14(17-15)10-2-4-11(5-3-10)19-12-6-7-12/h2-5,8-9,12,14,17H,6-7,15H2,1H3. The first-order chi connectivity index (χ1) is 9.26. The van der Waals surface area contributed by atoms with E-state index in [0.717, 1.165) is 17.0 Å². The molecule has 1 aromatic carbocycles. The Bertz CT molecular complexity index is 545. The second-order valence-corrected chi connectivity index (χ2v) is 4.95. The number of benzene rings is 1. The number of hydrogen-bond donors (Lipinski definition) is 2. The molecule has 0 radical (unpaired) electrons. The van der Waals surface area contributed by atoms with Crippen LogP contribution in [0.2, 0.25) is 0 Å². The van der Waals surface area contributed by atoms with Crippen molar-refractivity contribution < 1.29 is 4.74 Å². The third-order valence-corrected chi connectivity index (χ3v) is 3.23. The molecule has 1 saturated carbocycles. The smallest absolute Gasteiger partial charge is 0.119 e. The van der Waals surface area contributed by atoms with Gasteiger partial charge in [0.05, 0.1) is 24.2 Å². The van der Waals surface area contributed by atoms with E-state index in [1.54, 1.807) is 6.33 Å². The van der Waals surface area contributed by atoms with Crippen molar-refractivity contribution in [2.24, 2.45) is 12.9 Å². The van der Waals surface area contributed by atoms with Crippen LogP contribution in [0.4, 0.5) is 0 Å². The zero-order valence-electron chi connectivity index (χ0n) is 10.9. The van der Waals surface area contributed by atoms with Crippen molar-refractivity contribution in [3.8, 4) is 5.75 Å². The fraction of sp³-hybridized carbons (Fsp3) is 0.357. The van der Waals surface area contributed by atoms with Gasteiger partial charge >= 0.3 is 0 Å². The van der Waals surface area contributed by atoms with Gasteiger partial charge < -0.3 is 9.30 Å². The molecule has 5 heteroatoms. The molecule has 5 nitrogen and oxygen atoms in total. The van der Waals surface area contributed by atoms with E-state index in [2.05, 4.69) is 10.4 Å². The van der Waals surface area contributed by atoms with E-state index in [0.29, 0.717) is 6.10 Å². The topological polar surface area (TPSA) is 65.1 Å². The van der Waals surface area contributed by atoms with Gasteiger partial charge in [-0.05, 0) is 30.5 Å². The quantitative estimate of drug-likeness (QED) is 0.630. The summed E-state index contributed by atoms with van der Waals surface area (Å²) in [6, 6.07) is 7.92. The van der Waals surface area contributed by atoms with Gasteiger partial charge in [0.15, 0.2) is 0 Å². The van der Waals surface area contributed by atoms with Crippen molar-refractivity contribution in [2.45, 2.75) is 25.0 Å². The fourth-order valence-corrected chi connectivity index (χ4v) is 2.05. The number of imidazole rings is 1. The van der Waals surface area contributed by atoms with E-state index in [4.69, 9.17) is 10.6 Å². The van der Waals surface area contributed by atoms with Crippen LogP contribution < -0.4 is 16.0 Å².